The molecule has 0 spiro atoms. The number of rotatable bonds is 0. The highest BCUT2D eigenvalue weighted by Gasteiger charge is 2.11. The first-order valence-corrected chi connectivity index (χ1v) is 3.62. The van der Waals surface area contributed by atoms with Gasteiger partial charge in [-0.3, -0.25) is 4.99 Å². The largest absolute Gasteiger partial charge is 0.281 e. The van der Waals surface area contributed by atoms with Crippen LogP contribution in [0.25, 0.3) is 0 Å². The van der Waals surface area contributed by atoms with Crippen LogP contribution in [0.2, 0.25) is 0 Å². The lowest BCUT2D eigenvalue weighted by molar-refractivity contribution is 0.467. The highest BCUT2D eigenvalue weighted by atomic mass is 19.1. The van der Waals surface area contributed by atoms with Crippen molar-refractivity contribution in [2.75, 3.05) is 6.54 Å². The molecule has 0 aromatic carbocycles. The number of nitrogens with zero attached hydrogens (tertiary/aromatic N) is 1. The zero-order chi connectivity index (χ0) is 7.68. The van der Waals surface area contributed by atoms with Crippen LogP contribution in [0.3, 0.4) is 0 Å². The number of allylic oxidation sites excluding steroid dienone is 5. The van der Waals surface area contributed by atoms with Gasteiger partial charge in [0.25, 0.3) is 0 Å². The third-order valence-electron chi connectivity index (χ3n) is 1.74. The quantitative estimate of drug-likeness (QED) is 0.498. The average Bonchev–Trinajstić information content (AvgIpc) is 2.04. The normalized spacial score (nSPS) is 27.5. The molecular formula is C9H8FN. The summed E-state index contributed by atoms with van der Waals surface area (Å²) in [5.41, 5.74) is 1.81. The maximum atomic E-state index is 12.7. The van der Waals surface area contributed by atoms with E-state index in [-0.39, 0.29) is 0 Å². The summed E-state index contributed by atoms with van der Waals surface area (Å²) >= 11 is 0. The fourth-order valence-electron chi connectivity index (χ4n) is 1.21. The summed E-state index contributed by atoms with van der Waals surface area (Å²) in [6, 6.07) is 0. The van der Waals surface area contributed by atoms with Gasteiger partial charge in [0, 0.05) is 0 Å². The minimum Gasteiger partial charge on any atom is -0.281 e. The molecular weight excluding hydrogens is 141 g/mol. The van der Waals surface area contributed by atoms with Crippen LogP contribution >= 0.6 is 0 Å². The first-order chi connectivity index (χ1) is 5.36. The lowest BCUT2D eigenvalue weighted by Crippen LogP contribution is -2.10. The predicted octanol–water partition coefficient (Wildman–Crippen LogP) is 1.83. The molecule has 1 unspecified atom stereocenters. The summed E-state index contributed by atoms with van der Waals surface area (Å²) in [5, 5.41) is 0. The fourth-order valence-corrected chi connectivity index (χ4v) is 1.21. The number of alkyl halides is 1. The van der Waals surface area contributed by atoms with Gasteiger partial charge in [0.05, 0.1) is 12.3 Å². The number of aliphatic imine (C=N–C) groups is 1. The van der Waals surface area contributed by atoms with Crippen molar-refractivity contribution in [3.05, 3.63) is 36.0 Å². The Morgan fingerprint density at radius 3 is 3.27 bits per heavy atom. The molecule has 2 aliphatic rings. The Kier molecular flexibility index (Phi) is 1.46. The van der Waals surface area contributed by atoms with Gasteiger partial charge in [0.1, 0.15) is 6.17 Å². The molecule has 0 saturated heterocycles. The molecule has 11 heavy (non-hydrogen) atoms. The third kappa shape index (κ3) is 1.16. The molecule has 1 nitrogen and oxygen atoms in total. The van der Waals surface area contributed by atoms with E-state index in [2.05, 4.69) is 4.99 Å². The maximum Gasteiger partial charge on any atom is 0.138 e. The van der Waals surface area contributed by atoms with Gasteiger partial charge >= 0.3 is 0 Å². The predicted molar refractivity (Wildman–Crippen MR) is 43.6 cm³/mol. The minimum atomic E-state index is -0.938. The average molecular weight is 149 g/mol. The van der Waals surface area contributed by atoms with Crippen LogP contribution in [0.15, 0.2) is 40.9 Å². The Bertz CT molecular complexity index is 284. The van der Waals surface area contributed by atoms with Gasteiger partial charge in [-0.25, -0.2) is 4.39 Å². The number of dihydropyridines is 1. The number of fused-ring (bicyclic) bond motifs is 1. The van der Waals surface area contributed by atoms with Crippen molar-refractivity contribution in [2.45, 2.75) is 6.17 Å². The molecule has 1 atom stereocenters. The summed E-state index contributed by atoms with van der Waals surface area (Å²) in [6.07, 6.45) is 7.74. The molecule has 0 saturated carbocycles. The van der Waals surface area contributed by atoms with Crippen LogP contribution in [0, 0.1) is 0 Å². The molecule has 0 radical (unpaired) electrons. The topological polar surface area (TPSA) is 12.4 Å². The summed E-state index contributed by atoms with van der Waals surface area (Å²) < 4.78 is 12.7. The van der Waals surface area contributed by atoms with E-state index in [0.29, 0.717) is 6.54 Å². The van der Waals surface area contributed by atoms with E-state index < -0.39 is 6.17 Å². The molecule has 1 aliphatic carbocycles. The van der Waals surface area contributed by atoms with Crippen molar-refractivity contribution in [1.82, 2.24) is 0 Å². The van der Waals surface area contributed by atoms with Crippen molar-refractivity contribution in [3.63, 3.8) is 0 Å². The molecule has 0 N–H and O–H groups in total. The van der Waals surface area contributed by atoms with Gasteiger partial charge in [0.15, 0.2) is 0 Å². The molecule has 0 aromatic rings. The number of hydrogen-bond donors (Lipinski definition) is 0. The van der Waals surface area contributed by atoms with Crippen LogP contribution in [0.4, 0.5) is 4.39 Å². The molecule has 2 heteroatoms. The molecule has 56 valence electrons. The summed E-state index contributed by atoms with van der Waals surface area (Å²) in [4.78, 5) is 4.19. The highest BCUT2D eigenvalue weighted by molar-refractivity contribution is 6.11. The Balaban J connectivity index is 2.36. The SMILES string of the molecule is FC1C=CC2=NCC=CC2=C1. The van der Waals surface area contributed by atoms with Crippen LogP contribution < -0.4 is 0 Å². The minimum absolute atomic E-state index is 0.716. The second-order valence-electron chi connectivity index (χ2n) is 2.55. The smallest absolute Gasteiger partial charge is 0.138 e. The van der Waals surface area contributed by atoms with E-state index in [1.54, 1.807) is 12.2 Å². The van der Waals surface area contributed by atoms with E-state index in [1.807, 2.05) is 12.2 Å². The Morgan fingerprint density at radius 2 is 2.36 bits per heavy atom. The zero-order valence-corrected chi connectivity index (χ0v) is 6.00. The Morgan fingerprint density at radius 1 is 1.45 bits per heavy atom. The van der Waals surface area contributed by atoms with Gasteiger partial charge in [0.2, 0.25) is 0 Å². The standard InChI is InChI=1S/C9H8FN/c10-8-3-4-9-7(6-8)2-1-5-11-9/h1-4,6,8H,5H2. The number of halogens is 1. The van der Waals surface area contributed by atoms with Crippen LogP contribution in [0.5, 0.6) is 0 Å². The second kappa shape index (κ2) is 2.46. The Labute approximate surface area is 64.6 Å². The molecule has 0 aromatic heterocycles. The Hall–Kier alpha value is -1.18. The lowest BCUT2D eigenvalue weighted by Gasteiger charge is -2.12. The first-order valence-electron chi connectivity index (χ1n) is 3.62. The van der Waals surface area contributed by atoms with E-state index in [0.717, 1.165) is 11.3 Å². The molecule has 1 heterocycles. The second-order valence-corrected chi connectivity index (χ2v) is 2.55. The lowest BCUT2D eigenvalue weighted by atomic mass is 10.0. The molecule has 0 bridgehead atoms. The van der Waals surface area contributed by atoms with Gasteiger partial charge in [-0.1, -0.05) is 12.2 Å². The molecule has 2 rings (SSSR count). The first kappa shape index (κ1) is 6.53. The van der Waals surface area contributed by atoms with E-state index in [1.165, 1.54) is 6.08 Å². The van der Waals surface area contributed by atoms with Crippen LogP contribution in [-0.2, 0) is 0 Å². The zero-order valence-electron chi connectivity index (χ0n) is 6.00. The summed E-state index contributed by atoms with van der Waals surface area (Å²) in [7, 11) is 0. The molecule has 0 fully saturated rings. The van der Waals surface area contributed by atoms with Crippen LogP contribution in [-0.4, -0.2) is 18.4 Å². The molecule has 0 amide bonds. The monoisotopic (exact) mass is 149 g/mol. The van der Waals surface area contributed by atoms with Crippen molar-refractivity contribution in [1.29, 1.82) is 0 Å². The van der Waals surface area contributed by atoms with Crippen LogP contribution in [0.1, 0.15) is 0 Å². The maximum absolute atomic E-state index is 12.7. The van der Waals surface area contributed by atoms with Crippen molar-refractivity contribution in [2.24, 2.45) is 4.99 Å². The van der Waals surface area contributed by atoms with Crippen molar-refractivity contribution >= 4 is 5.71 Å². The third-order valence-corrected chi connectivity index (χ3v) is 1.74. The van der Waals surface area contributed by atoms with Gasteiger partial charge in [-0.15, -0.1) is 0 Å². The highest BCUT2D eigenvalue weighted by Crippen LogP contribution is 2.15. The van der Waals surface area contributed by atoms with E-state index >= 15 is 0 Å². The number of hydrogen-bond acceptors (Lipinski definition) is 1. The van der Waals surface area contributed by atoms with Gasteiger partial charge < -0.3 is 0 Å². The molecule has 1 aliphatic heterocycles. The van der Waals surface area contributed by atoms with Crippen molar-refractivity contribution in [3.8, 4) is 0 Å². The van der Waals surface area contributed by atoms with Gasteiger partial charge in [-0.05, 0) is 23.8 Å². The fraction of sp³-hybridized carbons (Fsp3) is 0.222. The van der Waals surface area contributed by atoms with Crippen molar-refractivity contribution < 1.29 is 4.39 Å². The summed E-state index contributed by atoms with van der Waals surface area (Å²) in [5.74, 6) is 0. The van der Waals surface area contributed by atoms with Gasteiger partial charge in [-0.2, -0.15) is 0 Å². The van der Waals surface area contributed by atoms with E-state index in [9.17, 15) is 4.39 Å². The summed E-state index contributed by atoms with van der Waals surface area (Å²) in [6.45, 7) is 0.716. The van der Waals surface area contributed by atoms with E-state index in [4.69, 9.17) is 0 Å².